The highest BCUT2D eigenvalue weighted by molar-refractivity contribution is 5.83. The number of ether oxygens (including phenoxy) is 2. The molecule has 1 aliphatic rings. The van der Waals surface area contributed by atoms with Crippen molar-refractivity contribution in [3.63, 3.8) is 0 Å². The van der Waals surface area contributed by atoms with Gasteiger partial charge in [0.1, 0.15) is 12.7 Å². The van der Waals surface area contributed by atoms with Gasteiger partial charge < -0.3 is 9.47 Å². The molecule has 4 heteroatoms. The van der Waals surface area contributed by atoms with Gasteiger partial charge in [-0.25, -0.2) is 9.59 Å². The van der Waals surface area contributed by atoms with Crippen LogP contribution in [0.15, 0.2) is 66.3 Å². The number of carbonyl (C=O) groups is 2. The van der Waals surface area contributed by atoms with Gasteiger partial charge in [0.05, 0.1) is 0 Å². The Bertz CT molecular complexity index is 656. The Morgan fingerprint density at radius 2 is 1.92 bits per heavy atom. The molecule has 0 aliphatic heterocycles. The largest absolute Gasteiger partial charge is 0.458 e. The summed E-state index contributed by atoms with van der Waals surface area (Å²) in [6.07, 6.45) is 12.2. The average Bonchev–Trinajstić information content (AvgIpc) is 2.65. The van der Waals surface area contributed by atoms with E-state index in [9.17, 15) is 9.59 Å². The molecule has 25 heavy (non-hydrogen) atoms. The maximum absolute atomic E-state index is 11.8. The van der Waals surface area contributed by atoms with Crippen LogP contribution in [0.1, 0.15) is 38.2 Å². The summed E-state index contributed by atoms with van der Waals surface area (Å²) in [6.45, 7) is 1.92. The second kappa shape index (κ2) is 10.3. The minimum atomic E-state index is -0.498. The predicted octanol–water partition coefficient (Wildman–Crippen LogP) is 4.27. The van der Waals surface area contributed by atoms with Crippen molar-refractivity contribution >= 4 is 11.9 Å². The predicted molar refractivity (Wildman–Crippen MR) is 96.6 cm³/mol. The van der Waals surface area contributed by atoms with E-state index in [1.807, 2.05) is 36.4 Å². The molecular weight excluding hydrogens is 316 g/mol. The minimum Gasteiger partial charge on any atom is -0.458 e. The maximum Gasteiger partial charge on any atom is 0.331 e. The van der Waals surface area contributed by atoms with Crippen molar-refractivity contribution in [2.45, 2.75) is 45.3 Å². The first-order valence-corrected chi connectivity index (χ1v) is 8.60. The van der Waals surface area contributed by atoms with Crippen LogP contribution in [0.25, 0.3) is 0 Å². The van der Waals surface area contributed by atoms with E-state index in [1.165, 1.54) is 30.2 Å². The third-order valence-electron chi connectivity index (χ3n) is 3.79. The molecule has 0 bridgehead atoms. The summed E-state index contributed by atoms with van der Waals surface area (Å²) in [6, 6.07) is 9.44. The Morgan fingerprint density at radius 1 is 1.12 bits per heavy atom. The molecule has 1 aromatic carbocycles. The van der Waals surface area contributed by atoms with Crippen LogP contribution < -0.4 is 0 Å². The summed E-state index contributed by atoms with van der Waals surface area (Å²) in [5.41, 5.74) is 2.10. The molecule has 0 spiro atoms. The summed E-state index contributed by atoms with van der Waals surface area (Å²) < 4.78 is 10.3. The van der Waals surface area contributed by atoms with Crippen LogP contribution in [-0.2, 0) is 25.7 Å². The number of esters is 2. The fourth-order valence-electron chi connectivity index (χ4n) is 2.44. The zero-order valence-electron chi connectivity index (χ0n) is 14.5. The molecule has 0 aromatic heterocycles. The van der Waals surface area contributed by atoms with Crippen molar-refractivity contribution in [2.24, 2.45) is 0 Å². The van der Waals surface area contributed by atoms with Crippen LogP contribution in [0.5, 0.6) is 0 Å². The molecule has 2 rings (SSSR count). The monoisotopic (exact) mass is 340 g/mol. The van der Waals surface area contributed by atoms with Crippen LogP contribution in [0.2, 0.25) is 0 Å². The van der Waals surface area contributed by atoms with Gasteiger partial charge in [0, 0.05) is 12.2 Å². The fourth-order valence-corrected chi connectivity index (χ4v) is 2.44. The van der Waals surface area contributed by atoms with Gasteiger partial charge in [0.25, 0.3) is 0 Å². The Morgan fingerprint density at radius 3 is 2.64 bits per heavy atom. The molecule has 0 saturated carbocycles. The van der Waals surface area contributed by atoms with Gasteiger partial charge in [0.15, 0.2) is 0 Å². The first-order valence-electron chi connectivity index (χ1n) is 8.60. The summed E-state index contributed by atoms with van der Waals surface area (Å²) in [4.78, 5) is 23.4. The van der Waals surface area contributed by atoms with Crippen LogP contribution in [-0.4, -0.2) is 18.0 Å². The molecule has 1 atom stereocenters. The first-order chi connectivity index (χ1) is 12.1. The van der Waals surface area contributed by atoms with Gasteiger partial charge in [-0.15, -0.1) is 0 Å². The summed E-state index contributed by atoms with van der Waals surface area (Å²) in [5, 5.41) is 0. The third-order valence-corrected chi connectivity index (χ3v) is 3.79. The molecule has 0 fully saturated rings. The van der Waals surface area contributed by atoms with E-state index in [1.54, 1.807) is 6.92 Å². The maximum atomic E-state index is 11.8. The second-order valence-electron chi connectivity index (χ2n) is 5.95. The van der Waals surface area contributed by atoms with Crippen molar-refractivity contribution in [3.8, 4) is 0 Å². The van der Waals surface area contributed by atoms with E-state index >= 15 is 0 Å². The van der Waals surface area contributed by atoms with Crippen molar-refractivity contribution in [3.05, 3.63) is 71.8 Å². The highest BCUT2D eigenvalue weighted by atomic mass is 16.5. The lowest BCUT2D eigenvalue weighted by Gasteiger charge is -2.09. The smallest absolute Gasteiger partial charge is 0.331 e. The van der Waals surface area contributed by atoms with E-state index in [0.717, 1.165) is 24.8 Å². The highest BCUT2D eigenvalue weighted by Crippen LogP contribution is 2.18. The van der Waals surface area contributed by atoms with Crippen molar-refractivity contribution in [1.82, 2.24) is 0 Å². The molecule has 132 valence electrons. The third kappa shape index (κ3) is 7.66. The first kappa shape index (κ1) is 18.7. The molecular formula is C21H24O4. The molecule has 0 radical (unpaired) electrons. The SMILES string of the molecule is C[C@H](/C=C\C(=O)OCc1ccccc1)OC(=O)/C=C/C1=CCCCC1. The highest BCUT2D eigenvalue weighted by Gasteiger charge is 2.06. The average molecular weight is 340 g/mol. The standard InChI is InChI=1S/C21H24O4/c1-17(25-21(23)15-13-18-8-4-2-5-9-18)12-14-20(22)24-16-19-10-6-3-7-11-19/h3,6-8,10-15,17H,2,4-5,9,16H2,1H3/b14-12-,15-13+/t17-/m1/s1. The lowest BCUT2D eigenvalue weighted by atomic mass is 9.99. The number of allylic oxidation sites excluding steroid dienone is 3. The number of carbonyl (C=O) groups excluding carboxylic acids is 2. The van der Waals surface area contributed by atoms with E-state index < -0.39 is 18.0 Å². The molecule has 1 aliphatic carbocycles. The van der Waals surface area contributed by atoms with E-state index in [0.29, 0.717) is 0 Å². The Hall–Kier alpha value is -2.62. The molecule has 1 aromatic rings. The molecule has 0 saturated heterocycles. The fraction of sp³-hybridized carbons (Fsp3) is 0.333. The van der Waals surface area contributed by atoms with Gasteiger partial charge in [-0.3, -0.25) is 0 Å². The van der Waals surface area contributed by atoms with Gasteiger partial charge >= 0.3 is 11.9 Å². The van der Waals surface area contributed by atoms with Gasteiger partial charge in [0.2, 0.25) is 0 Å². The Balaban J connectivity index is 1.70. The quantitative estimate of drug-likeness (QED) is 0.549. The zero-order chi connectivity index (χ0) is 17.9. The topological polar surface area (TPSA) is 52.6 Å². The van der Waals surface area contributed by atoms with Gasteiger partial charge in [-0.05, 0) is 44.2 Å². The van der Waals surface area contributed by atoms with Gasteiger partial charge in [-0.1, -0.05) is 48.1 Å². The minimum absolute atomic E-state index is 0.218. The molecule has 0 amide bonds. The van der Waals surface area contributed by atoms with Gasteiger partial charge in [-0.2, -0.15) is 0 Å². The number of hydrogen-bond acceptors (Lipinski definition) is 4. The number of hydrogen-bond donors (Lipinski definition) is 0. The van der Waals surface area contributed by atoms with E-state index in [-0.39, 0.29) is 6.61 Å². The summed E-state index contributed by atoms with van der Waals surface area (Å²) in [5.74, 6) is -0.879. The summed E-state index contributed by atoms with van der Waals surface area (Å²) >= 11 is 0. The molecule has 0 heterocycles. The number of rotatable bonds is 7. The number of benzene rings is 1. The van der Waals surface area contributed by atoms with Crippen LogP contribution in [0.3, 0.4) is 0 Å². The van der Waals surface area contributed by atoms with E-state index in [4.69, 9.17) is 9.47 Å². The lowest BCUT2D eigenvalue weighted by molar-refractivity contribution is -0.141. The van der Waals surface area contributed by atoms with Crippen LogP contribution in [0.4, 0.5) is 0 Å². The van der Waals surface area contributed by atoms with Crippen molar-refractivity contribution < 1.29 is 19.1 Å². The lowest BCUT2D eigenvalue weighted by Crippen LogP contribution is -2.11. The van der Waals surface area contributed by atoms with Crippen molar-refractivity contribution in [2.75, 3.05) is 0 Å². The Labute approximate surface area is 148 Å². The molecule has 0 unspecified atom stereocenters. The van der Waals surface area contributed by atoms with Crippen LogP contribution in [0, 0.1) is 0 Å². The van der Waals surface area contributed by atoms with Crippen molar-refractivity contribution in [1.29, 1.82) is 0 Å². The van der Waals surface area contributed by atoms with E-state index in [2.05, 4.69) is 6.08 Å². The normalized spacial score (nSPS) is 15.8. The summed E-state index contributed by atoms with van der Waals surface area (Å²) in [7, 11) is 0. The zero-order valence-corrected chi connectivity index (χ0v) is 14.5. The molecule has 0 N–H and O–H groups in total. The Kier molecular flexibility index (Phi) is 7.70. The molecule has 4 nitrogen and oxygen atoms in total. The second-order valence-corrected chi connectivity index (χ2v) is 5.95. The van der Waals surface area contributed by atoms with Crippen LogP contribution >= 0.6 is 0 Å².